The van der Waals surface area contributed by atoms with Crippen LogP contribution < -0.4 is 10.5 Å². The van der Waals surface area contributed by atoms with E-state index in [1.165, 1.54) is 28.1 Å². The molecule has 1 aliphatic heterocycles. The van der Waals surface area contributed by atoms with E-state index in [4.69, 9.17) is 10.5 Å². The Morgan fingerprint density at radius 1 is 1.12 bits per heavy atom. The number of hydrogen-bond acceptors (Lipinski definition) is 5. The molecule has 1 saturated heterocycles. The van der Waals surface area contributed by atoms with Gasteiger partial charge >= 0.3 is 0 Å². The molecule has 2 N–H and O–H groups in total. The van der Waals surface area contributed by atoms with Crippen LogP contribution in [-0.4, -0.2) is 56.2 Å². The highest BCUT2D eigenvalue weighted by molar-refractivity contribution is 7.89. The molecule has 0 saturated carbocycles. The van der Waals surface area contributed by atoms with Gasteiger partial charge in [0.1, 0.15) is 5.75 Å². The van der Waals surface area contributed by atoms with E-state index in [0.29, 0.717) is 13.1 Å². The number of benzene rings is 2. The molecule has 0 spiro atoms. The summed E-state index contributed by atoms with van der Waals surface area (Å²) in [5, 5.41) is 0. The summed E-state index contributed by atoms with van der Waals surface area (Å²) in [6.07, 6.45) is 4.49. The monoisotopic (exact) mass is 471 g/mol. The summed E-state index contributed by atoms with van der Waals surface area (Å²) >= 11 is 0. The first-order valence-corrected chi connectivity index (χ1v) is 12.6. The molecule has 176 valence electrons. The maximum atomic E-state index is 12.9. The molecule has 9 heteroatoms. The van der Waals surface area contributed by atoms with Gasteiger partial charge in [-0.1, -0.05) is 24.3 Å². The molecule has 0 radical (unpaired) electrons. The van der Waals surface area contributed by atoms with Crippen LogP contribution in [0.25, 0.3) is 0 Å². The summed E-state index contributed by atoms with van der Waals surface area (Å²) in [5.41, 5.74) is 7.83. The van der Waals surface area contributed by atoms with E-state index < -0.39 is 15.9 Å². The summed E-state index contributed by atoms with van der Waals surface area (Å²) in [6.45, 7) is 0.628. The average molecular weight is 472 g/mol. The lowest BCUT2D eigenvalue weighted by Crippen LogP contribution is -2.36. The third kappa shape index (κ3) is 4.74. The Labute approximate surface area is 194 Å². The van der Waals surface area contributed by atoms with Crippen molar-refractivity contribution in [1.29, 1.82) is 0 Å². The number of hydrogen-bond donors (Lipinski definition) is 1. The number of nitrogens with zero attached hydrogens (tertiary/aromatic N) is 2. The van der Waals surface area contributed by atoms with Gasteiger partial charge in [-0.15, -0.1) is 0 Å². The number of fused-ring (bicyclic) bond motifs is 1. The highest BCUT2D eigenvalue weighted by atomic mass is 32.2. The van der Waals surface area contributed by atoms with Gasteiger partial charge in [-0.3, -0.25) is 9.59 Å². The van der Waals surface area contributed by atoms with E-state index in [2.05, 4.69) is 12.1 Å². The molecule has 0 aromatic heterocycles. The molecular formula is C24H29N3O5S. The van der Waals surface area contributed by atoms with E-state index >= 15 is 0 Å². The Hall–Kier alpha value is -2.91. The summed E-state index contributed by atoms with van der Waals surface area (Å²) < 4.78 is 32.7. The van der Waals surface area contributed by atoms with Crippen molar-refractivity contribution < 1.29 is 22.7 Å². The van der Waals surface area contributed by atoms with Crippen molar-refractivity contribution in [3.8, 4) is 5.75 Å². The van der Waals surface area contributed by atoms with E-state index in [1.807, 2.05) is 12.1 Å². The molecule has 0 unspecified atom stereocenters. The standard InChI is InChI=1S/C24H29N3O5S/c1-26(21-10-6-8-17-7-2-3-9-19(17)21)23(28)16-32-22-12-11-18(15-20(22)24(25)29)33(30,31)27-13-4-5-14-27/h2-3,7,9,11-12,15,21H,4-6,8,10,13-14,16H2,1H3,(H2,25,29)/t21-/m1/s1. The van der Waals surface area contributed by atoms with Crippen LogP contribution in [0.3, 0.4) is 0 Å². The Bertz CT molecular complexity index is 1160. The van der Waals surface area contributed by atoms with Gasteiger partial charge < -0.3 is 15.4 Å². The molecule has 2 aliphatic rings. The van der Waals surface area contributed by atoms with E-state index in [-0.39, 0.29) is 34.8 Å². The highest BCUT2D eigenvalue weighted by Crippen LogP contribution is 2.33. The number of nitrogens with two attached hydrogens (primary N) is 1. The number of amides is 2. The van der Waals surface area contributed by atoms with Crippen molar-refractivity contribution in [1.82, 2.24) is 9.21 Å². The fourth-order valence-corrected chi connectivity index (χ4v) is 6.16. The van der Waals surface area contributed by atoms with Gasteiger partial charge in [0.15, 0.2) is 6.61 Å². The third-order valence-corrected chi connectivity index (χ3v) is 8.36. The average Bonchev–Trinajstić information content (AvgIpc) is 3.37. The van der Waals surface area contributed by atoms with Crippen molar-refractivity contribution in [2.45, 2.75) is 43.0 Å². The lowest BCUT2D eigenvalue weighted by Gasteiger charge is -2.33. The summed E-state index contributed by atoms with van der Waals surface area (Å²) in [5.74, 6) is -0.958. The van der Waals surface area contributed by atoms with Gasteiger partial charge in [-0.25, -0.2) is 8.42 Å². The van der Waals surface area contributed by atoms with Crippen molar-refractivity contribution in [2.75, 3.05) is 26.7 Å². The lowest BCUT2D eigenvalue weighted by atomic mass is 9.87. The molecule has 1 fully saturated rings. The second kappa shape index (κ2) is 9.52. The second-order valence-corrected chi connectivity index (χ2v) is 10.5. The first-order chi connectivity index (χ1) is 15.8. The molecule has 1 atom stereocenters. The van der Waals surface area contributed by atoms with Gasteiger partial charge in [-0.2, -0.15) is 4.31 Å². The minimum absolute atomic E-state index is 0.00666. The first-order valence-electron chi connectivity index (χ1n) is 11.2. The minimum atomic E-state index is -3.70. The van der Waals surface area contributed by atoms with Crippen LogP contribution >= 0.6 is 0 Å². The van der Waals surface area contributed by atoms with Crippen LogP contribution in [-0.2, 0) is 21.2 Å². The predicted molar refractivity (Wildman–Crippen MR) is 123 cm³/mol. The van der Waals surface area contributed by atoms with Gasteiger partial charge in [0.25, 0.3) is 11.8 Å². The molecular weight excluding hydrogens is 442 g/mol. The number of carbonyl (C=O) groups is 2. The molecule has 1 heterocycles. The number of rotatable bonds is 7. The number of aryl methyl sites for hydroxylation is 1. The topological polar surface area (TPSA) is 110 Å². The Kier molecular flexibility index (Phi) is 6.71. The van der Waals surface area contributed by atoms with Crippen LogP contribution in [0, 0.1) is 0 Å². The van der Waals surface area contributed by atoms with Crippen molar-refractivity contribution >= 4 is 21.8 Å². The molecule has 2 amide bonds. The van der Waals surface area contributed by atoms with Gasteiger partial charge in [0, 0.05) is 20.1 Å². The van der Waals surface area contributed by atoms with Crippen LogP contribution in [0.4, 0.5) is 0 Å². The maximum Gasteiger partial charge on any atom is 0.260 e. The van der Waals surface area contributed by atoms with Crippen molar-refractivity contribution in [3.05, 3.63) is 59.2 Å². The summed E-state index contributed by atoms with van der Waals surface area (Å²) in [4.78, 5) is 26.6. The summed E-state index contributed by atoms with van der Waals surface area (Å²) in [6, 6.07) is 12.1. The first kappa shape index (κ1) is 23.3. The second-order valence-electron chi connectivity index (χ2n) is 8.53. The van der Waals surface area contributed by atoms with Gasteiger partial charge in [-0.05, 0) is 61.4 Å². The quantitative estimate of drug-likeness (QED) is 0.667. The zero-order chi connectivity index (χ0) is 23.6. The van der Waals surface area contributed by atoms with E-state index in [1.54, 1.807) is 11.9 Å². The highest BCUT2D eigenvalue weighted by Gasteiger charge is 2.29. The van der Waals surface area contributed by atoms with E-state index in [9.17, 15) is 18.0 Å². The molecule has 2 aromatic carbocycles. The molecule has 33 heavy (non-hydrogen) atoms. The number of carbonyl (C=O) groups excluding carboxylic acids is 2. The van der Waals surface area contributed by atoms with Gasteiger partial charge in [0.05, 0.1) is 16.5 Å². The Morgan fingerprint density at radius 2 is 1.85 bits per heavy atom. The molecule has 1 aliphatic carbocycles. The third-order valence-electron chi connectivity index (χ3n) is 6.47. The van der Waals surface area contributed by atoms with Crippen LogP contribution in [0.15, 0.2) is 47.4 Å². The zero-order valence-electron chi connectivity index (χ0n) is 18.7. The normalized spacial score (nSPS) is 18.5. The largest absolute Gasteiger partial charge is 0.483 e. The SMILES string of the molecule is CN(C(=O)COc1ccc(S(=O)(=O)N2CCCC2)cc1C(N)=O)[C@@H]1CCCc2ccccc21. The van der Waals surface area contributed by atoms with Gasteiger partial charge in [0.2, 0.25) is 10.0 Å². The predicted octanol–water partition coefficient (Wildman–Crippen LogP) is 2.48. The lowest BCUT2D eigenvalue weighted by molar-refractivity contribution is -0.134. The number of sulfonamides is 1. The zero-order valence-corrected chi connectivity index (χ0v) is 19.5. The Morgan fingerprint density at radius 3 is 2.58 bits per heavy atom. The maximum absolute atomic E-state index is 12.9. The molecule has 2 aromatic rings. The fourth-order valence-electron chi connectivity index (χ4n) is 4.61. The molecule has 8 nitrogen and oxygen atoms in total. The molecule has 4 rings (SSSR count). The fraction of sp³-hybridized carbons (Fsp3) is 0.417. The van der Waals surface area contributed by atoms with Crippen LogP contribution in [0.2, 0.25) is 0 Å². The van der Waals surface area contributed by atoms with Crippen molar-refractivity contribution in [2.24, 2.45) is 5.73 Å². The smallest absolute Gasteiger partial charge is 0.260 e. The van der Waals surface area contributed by atoms with Crippen LogP contribution in [0.1, 0.15) is 53.2 Å². The van der Waals surface area contributed by atoms with E-state index in [0.717, 1.165) is 37.7 Å². The van der Waals surface area contributed by atoms with Crippen LogP contribution in [0.5, 0.6) is 5.75 Å². The minimum Gasteiger partial charge on any atom is -0.483 e. The Balaban J connectivity index is 1.49. The summed E-state index contributed by atoms with van der Waals surface area (Å²) in [7, 11) is -1.96. The number of ether oxygens (including phenoxy) is 1. The number of likely N-dealkylation sites (N-methyl/N-ethyl adjacent to an activating group) is 1. The number of primary amides is 1. The van der Waals surface area contributed by atoms with Crippen molar-refractivity contribution in [3.63, 3.8) is 0 Å². The molecule has 0 bridgehead atoms.